The minimum Gasteiger partial charge on any atom is -0.312 e. The quantitative estimate of drug-likeness (QED) is 0.491. The third-order valence-electron chi connectivity index (χ3n) is 9.51. The number of carbonyl (C=O) groups is 3. The van der Waals surface area contributed by atoms with Crippen molar-refractivity contribution in [2.75, 3.05) is 33.7 Å². The van der Waals surface area contributed by atoms with Crippen molar-refractivity contribution in [3.63, 3.8) is 0 Å². The van der Waals surface area contributed by atoms with E-state index in [1.807, 2.05) is 16.7 Å². The van der Waals surface area contributed by atoms with Gasteiger partial charge in [0.2, 0.25) is 11.8 Å². The summed E-state index contributed by atoms with van der Waals surface area (Å²) in [6, 6.07) is 15.4. The van der Waals surface area contributed by atoms with Crippen LogP contribution < -0.4 is 5.56 Å². The second kappa shape index (κ2) is 8.61. The van der Waals surface area contributed by atoms with Gasteiger partial charge < -0.3 is 9.47 Å². The lowest BCUT2D eigenvalue weighted by Gasteiger charge is -2.48. The van der Waals surface area contributed by atoms with Crippen molar-refractivity contribution in [2.45, 2.75) is 38.1 Å². The molecule has 0 N–H and O–H groups in total. The van der Waals surface area contributed by atoms with Crippen LogP contribution in [0, 0.1) is 11.3 Å². The molecule has 4 amide bonds. The molecule has 4 heterocycles. The highest BCUT2D eigenvalue weighted by atomic mass is 16.2. The van der Waals surface area contributed by atoms with Gasteiger partial charge in [-0.15, -0.1) is 0 Å². The lowest BCUT2D eigenvalue weighted by atomic mass is 9.74. The Balaban J connectivity index is 1.30. The van der Waals surface area contributed by atoms with E-state index < -0.39 is 23.3 Å². The van der Waals surface area contributed by atoms with Gasteiger partial charge in [-0.25, -0.2) is 4.79 Å². The number of likely N-dealkylation sites (tertiary alicyclic amines) is 1. The average Bonchev–Trinajstić information content (AvgIpc) is 3.36. The second-order valence-corrected chi connectivity index (χ2v) is 11.9. The molecule has 2 fully saturated rings. The van der Waals surface area contributed by atoms with Gasteiger partial charge in [0.15, 0.2) is 0 Å². The van der Waals surface area contributed by atoms with Crippen LogP contribution in [0.4, 0.5) is 4.79 Å². The van der Waals surface area contributed by atoms with E-state index in [2.05, 4.69) is 35.2 Å². The first-order valence-electron chi connectivity index (χ1n) is 13.8. The number of fused-ring (bicyclic) bond motifs is 4. The molecule has 8 nitrogen and oxygen atoms in total. The normalized spacial score (nSPS) is 24.0. The second-order valence-electron chi connectivity index (χ2n) is 11.9. The monoisotopic (exact) mass is 524 g/mol. The number of amides is 4. The van der Waals surface area contributed by atoms with Crippen molar-refractivity contribution in [3.8, 4) is 0 Å². The fourth-order valence-corrected chi connectivity index (χ4v) is 7.77. The van der Waals surface area contributed by atoms with E-state index in [1.54, 1.807) is 6.07 Å². The number of pyridine rings is 1. The average molecular weight is 525 g/mol. The molecular weight excluding hydrogens is 492 g/mol. The third kappa shape index (κ3) is 3.54. The van der Waals surface area contributed by atoms with E-state index in [1.165, 1.54) is 30.6 Å². The first kappa shape index (κ1) is 24.3. The van der Waals surface area contributed by atoms with Gasteiger partial charge in [-0.2, -0.15) is 0 Å². The van der Waals surface area contributed by atoms with E-state index in [-0.39, 0.29) is 30.4 Å². The van der Waals surface area contributed by atoms with Gasteiger partial charge in [0.1, 0.15) is 5.41 Å². The maximum absolute atomic E-state index is 14.0. The van der Waals surface area contributed by atoms with E-state index >= 15 is 0 Å². The minimum absolute atomic E-state index is 0.0265. The van der Waals surface area contributed by atoms with Crippen molar-refractivity contribution in [2.24, 2.45) is 11.3 Å². The Morgan fingerprint density at radius 1 is 0.821 bits per heavy atom. The number of aryl methyl sites for hydroxylation is 2. The fourth-order valence-electron chi connectivity index (χ4n) is 7.77. The summed E-state index contributed by atoms with van der Waals surface area (Å²) >= 11 is 0. The van der Waals surface area contributed by atoms with Crippen LogP contribution >= 0.6 is 0 Å². The van der Waals surface area contributed by atoms with Crippen molar-refractivity contribution in [1.29, 1.82) is 0 Å². The molecule has 200 valence electrons. The molecule has 1 unspecified atom stereocenters. The highest BCUT2D eigenvalue weighted by Crippen LogP contribution is 2.41. The van der Waals surface area contributed by atoms with Gasteiger partial charge >= 0.3 is 6.03 Å². The van der Waals surface area contributed by atoms with Gasteiger partial charge in [0.05, 0.1) is 0 Å². The zero-order chi connectivity index (χ0) is 27.1. The lowest BCUT2D eigenvalue weighted by molar-refractivity contribution is -0.159. The van der Waals surface area contributed by atoms with E-state index in [4.69, 9.17) is 0 Å². The topological polar surface area (TPSA) is 82.9 Å². The fraction of sp³-hybridized carbons (Fsp3) is 0.419. The Hall–Kier alpha value is -3.78. The number of urea groups is 1. The van der Waals surface area contributed by atoms with Gasteiger partial charge in [0.25, 0.3) is 5.56 Å². The number of imide groups is 2. The van der Waals surface area contributed by atoms with Crippen LogP contribution in [-0.4, -0.2) is 70.8 Å². The molecule has 2 atom stereocenters. The number of carbonyl (C=O) groups excluding carboxylic acids is 3. The predicted octanol–water partition coefficient (Wildman–Crippen LogP) is 2.80. The van der Waals surface area contributed by atoms with Gasteiger partial charge in [0, 0.05) is 58.0 Å². The first-order valence-corrected chi connectivity index (χ1v) is 13.8. The SMILES string of the molecule is CN1C(=O)N(C)C(=O)C(Cc2ccc3c4c(cccc24)CC3)(CN2CC3C[C@@H](C2)c2cccc(=O)n2C3)C1=O. The molecule has 1 aliphatic carbocycles. The van der Waals surface area contributed by atoms with Gasteiger partial charge in [-0.3, -0.25) is 24.2 Å². The van der Waals surface area contributed by atoms with Crippen LogP contribution in [0.2, 0.25) is 0 Å². The number of nitrogens with zero attached hydrogens (tertiary/aromatic N) is 4. The van der Waals surface area contributed by atoms with E-state index in [0.717, 1.165) is 45.7 Å². The Morgan fingerprint density at radius 3 is 2.31 bits per heavy atom. The maximum Gasteiger partial charge on any atom is 0.332 e. The molecule has 2 aromatic carbocycles. The van der Waals surface area contributed by atoms with Crippen molar-refractivity contribution < 1.29 is 14.4 Å². The number of piperidine rings is 1. The number of hydrogen-bond donors (Lipinski definition) is 0. The Kier molecular flexibility index (Phi) is 5.36. The maximum atomic E-state index is 14.0. The molecule has 2 bridgehead atoms. The molecule has 4 aliphatic rings. The molecular formula is C31H32N4O4. The molecule has 0 radical (unpaired) electrons. The molecule has 3 aliphatic heterocycles. The van der Waals surface area contributed by atoms with E-state index in [0.29, 0.717) is 19.6 Å². The summed E-state index contributed by atoms with van der Waals surface area (Å²) in [5.41, 5.74) is 3.21. The number of aromatic nitrogens is 1. The molecule has 1 aromatic heterocycles. The Bertz CT molecular complexity index is 1590. The summed E-state index contributed by atoms with van der Waals surface area (Å²) in [5.74, 6) is -0.459. The highest BCUT2D eigenvalue weighted by Gasteiger charge is 2.56. The van der Waals surface area contributed by atoms with Crippen LogP contribution in [0.5, 0.6) is 0 Å². The predicted molar refractivity (Wildman–Crippen MR) is 146 cm³/mol. The third-order valence-corrected chi connectivity index (χ3v) is 9.51. The van der Waals surface area contributed by atoms with Gasteiger partial charge in [-0.1, -0.05) is 36.4 Å². The van der Waals surface area contributed by atoms with Crippen molar-refractivity contribution in [1.82, 2.24) is 19.3 Å². The Morgan fingerprint density at radius 2 is 1.54 bits per heavy atom. The summed E-state index contributed by atoms with van der Waals surface area (Å²) < 4.78 is 1.88. The summed E-state index contributed by atoms with van der Waals surface area (Å²) in [4.78, 5) is 57.8. The number of rotatable bonds is 4. The number of hydrogen-bond acceptors (Lipinski definition) is 5. The minimum atomic E-state index is -1.42. The summed E-state index contributed by atoms with van der Waals surface area (Å²) in [6.45, 7) is 2.24. The summed E-state index contributed by atoms with van der Waals surface area (Å²) in [6.07, 6.45) is 3.22. The molecule has 7 rings (SSSR count). The van der Waals surface area contributed by atoms with Crippen molar-refractivity contribution >= 4 is 28.6 Å². The van der Waals surface area contributed by atoms with Crippen LogP contribution in [-0.2, 0) is 35.4 Å². The molecule has 39 heavy (non-hydrogen) atoms. The standard InChI is InChI=1S/C31H32N4O4/c1-32-28(37)31(29(38)33(2)30(32)39,14-22-12-11-21-10-9-20-5-3-6-24(22)27(20)21)18-34-15-19-13-23(17-34)25-7-4-8-26(36)35(25)16-19/h3-8,11-12,19,23H,9-10,13-18H2,1-2H3/t19?,23-/m0/s1. The molecule has 8 heteroatoms. The number of benzene rings is 2. The smallest absolute Gasteiger partial charge is 0.312 e. The summed E-state index contributed by atoms with van der Waals surface area (Å²) in [7, 11) is 2.95. The van der Waals surface area contributed by atoms with Crippen LogP contribution in [0.1, 0.15) is 34.7 Å². The molecule has 2 saturated heterocycles. The number of barbiturate groups is 1. The summed E-state index contributed by atoms with van der Waals surface area (Å²) in [5, 5.41) is 2.33. The molecule has 0 saturated carbocycles. The molecule has 3 aromatic rings. The molecule has 0 spiro atoms. The van der Waals surface area contributed by atoms with Gasteiger partial charge in [-0.05, 0) is 65.1 Å². The van der Waals surface area contributed by atoms with Crippen LogP contribution in [0.3, 0.4) is 0 Å². The lowest BCUT2D eigenvalue weighted by Crippen LogP contribution is -2.67. The highest BCUT2D eigenvalue weighted by molar-refractivity contribution is 6.19. The van der Waals surface area contributed by atoms with Crippen molar-refractivity contribution in [3.05, 3.63) is 81.3 Å². The van der Waals surface area contributed by atoms with Crippen LogP contribution in [0.15, 0.2) is 53.3 Å². The van der Waals surface area contributed by atoms with Crippen LogP contribution in [0.25, 0.3) is 10.8 Å². The largest absolute Gasteiger partial charge is 0.332 e. The zero-order valence-corrected chi connectivity index (χ0v) is 22.4. The first-order chi connectivity index (χ1) is 18.8. The van der Waals surface area contributed by atoms with E-state index in [9.17, 15) is 19.2 Å². The Labute approximate surface area is 226 Å². The zero-order valence-electron chi connectivity index (χ0n) is 22.4.